The van der Waals surface area contributed by atoms with Gasteiger partial charge in [0.05, 0.1) is 15.7 Å². The summed E-state index contributed by atoms with van der Waals surface area (Å²) in [5, 5.41) is 2.47. The first kappa shape index (κ1) is 18.8. The van der Waals surface area contributed by atoms with Gasteiger partial charge in [-0.05, 0) is 18.2 Å². The molecule has 0 aliphatic rings. The van der Waals surface area contributed by atoms with E-state index >= 15 is 0 Å². The molecule has 3 rings (SSSR count). The molecule has 0 aliphatic heterocycles. The number of hydrogen-bond acceptors (Lipinski definition) is 4. The molecule has 25 heavy (non-hydrogen) atoms. The van der Waals surface area contributed by atoms with E-state index in [2.05, 4.69) is 9.71 Å². The van der Waals surface area contributed by atoms with E-state index in [0.717, 1.165) is 11.3 Å². The van der Waals surface area contributed by atoms with Gasteiger partial charge in [0.1, 0.15) is 4.90 Å². The van der Waals surface area contributed by atoms with Crippen molar-refractivity contribution < 1.29 is 8.42 Å². The molecule has 4 nitrogen and oxygen atoms in total. The average Bonchev–Trinajstić information content (AvgIpc) is 2.93. The van der Waals surface area contributed by atoms with E-state index in [4.69, 9.17) is 46.4 Å². The lowest BCUT2D eigenvalue weighted by Gasteiger charge is -2.09. The molecule has 1 heterocycles. The summed E-state index contributed by atoms with van der Waals surface area (Å²) in [7, 11) is -4.03. The lowest BCUT2D eigenvalue weighted by atomic mass is 10.2. The van der Waals surface area contributed by atoms with Crippen molar-refractivity contribution >= 4 is 72.9 Å². The highest BCUT2D eigenvalue weighted by Crippen LogP contribution is 2.35. The zero-order chi connectivity index (χ0) is 18.2. The van der Waals surface area contributed by atoms with Crippen LogP contribution in [0.15, 0.2) is 46.7 Å². The highest BCUT2D eigenvalue weighted by atomic mass is 35.5. The maximum atomic E-state index is 12.6. The van der Waals surface area contributed by atoms with Crippen LogP contribution in [0.4, 0.5) is 5.13 Å². The highest BCUT2D eigenvalue weighted by Gasteiger charge is 2.24. The summed E-state index contributed by atoms with van der Waals surface area (Å²) in [6.45, 7) is 0. The van der Waals surface area contributed by atoms with Crippen LogP contribution < -0.4 is 4.72 Å². The number of anilines is 1. The van der Waals surface area contributed by atoms with Gasteiger partial charge in [-0.15, -0.1) is 11.3 Å². The fourth-order valence-electron chi connectivity index (χ4n) is 2.06. The van der Waals surface area contributed by atoms with E-state index in [1.165, 1.54) is 12.1 Å². The Hall–Kier alpha value is -1.02. The maximum Gasteiger partial charge on any atom is 0.266 e. The summed E-state index contributed by atoms with van der Waals surface area (Å²) in [6.07, 6.45) is 0. The maximum absolute atomic E-state index is 12.6. The van der Waals surface area contributed by atoms with Crippen molar-refractivity contribution in [1.82, 2.24) is 4.98 Å². The molecular weight excluding hydrogens is 446 g/mol. The first-order valence-electron chi connectivity index (χ1n) is 6.66. The van der Waals surface area contributed by atoms with Gasteiger partial charge >= 0.3 is 0 Å². The number of hydrogen-bond donors (Lipinski definition) is 1. The van der Waals surface area contributed by atoms with Crippen molar-refractivity contribution in [2.75, 3.05) is 4.72 Å². The van der Waals surface area contributed by atoms with Gasteiger partial charge in [0.15, 0.2) is 5.13 Å². The second kappa shape index (κ2) is 7.31. The van der Waals surface area contributed by atoms with Gasteiger partial charge < -0.3 is 0 Å². The van der Waals surface area contributed by atoms with Gasteiger partial charge in [-0.25, -0.2) is 13.4 Å². The third kappa shape index (κ3) is 4.05. The standard InChI is InChI=1S/C15H8Cl4N2O2S2/c16-8-5-11(18)14(12(19)6-8)25(22,23)21-15-20-13(7-24-15)9-3-1-2-4-10(9)17/h1-7H,(H,20,21). The molecule has 0 unspecified atom stereocenters. The monoisotopic (exact) mass is 452 g/mol. The predicted molar refractivity (Wildman–Crippen MR) is 105 cm³/mol. The molecule has 0 saturated carbocycles. The number of nitrogens with zero attached hydrogens (tertiary/aromatic N) is 1. The van der Waals surface area contributed by atoms with Gasteiger partial charge in [0, 0.05) is 21.0 Å². The molecule has 3 aromatic rings. The number of rotatable bonds is 4. The van der Waals surface area contributed by atoms with Crippen LogP contribution in [-0.4, -0.2) is 13.4 Å². The Morgan fingerprint density at radius 3 is 2.24 bits per heavy atom. The Kier molecular flexibility index (Phi) is 5.48. The minimum Gasteiger partial charge on any atom is -0.255 e. The number of aromatic nitrogens is 1. The van der Waals surface area contributed by atoms with Gasteiger partial charge in [-0.3, -0.25) is 4.72 Å². The van der Waals surface area contributed by atoms with Gasteiger partial charge in [0.2, 0.25) is 0 Å². The van der Waals surface area contributed by atoms with Gasteiger partial charge in [-0.1, -0.05) is 64.6 Å². The number of sulfonamides is 1. The van der Waals surface area contributed by atoms with Gasteiger partial charge in [0.25, 0.3) is 10.0 Å². The Morgan fingerprint density at radius 1 is 0.960 bits per heavy atom. The summed E-state index contributed by atoms with van der Waals surface area (Å²) < 4.78 is 27.5. The average molecular weight is 454 g/mol. The third-order valence-electron chi connectivity index (χ3n) is 3.11. The molecule has 10 heteroatoms. The summed E-state index contributed by atoms with van der Waals surface area (Å²) in [5.41, 5.74) is 1.26. The van der Waals surface area contributed by atoms with E-state index in [9.17, 15) is 8.42 Å². The molecule has 0 fully saturated rings. The topological polar surface area (TPSA) is 59.1 Å². The normalized spacial score (nSPS) is 11.5. The lowest BCUT2D eigenvalue weighted by Crippen LogP contribution is -2.14. The van der Waals surface area contributed by atoms with Crippen LogP contribution in [0, 0.1) is 0 Å². The quantitative estimate of drug-likeness (QED) is 0.509. The molecule has 1 N–H and O–H groups in total. The van der Waals surface area contributed by atoms with Crippen LogP contribution in [0.1, 0.15) is 0 Å². The van der Waals surface area contributed by atoms with E-state index in [1.807, 2.05) is 6.07 Å². The van der Waals surface area contributed by atoms with Crippen LogP contribution in [0.2, 0.25) is 20.1 Å². The Labute approximate surface area is 168 Å². The largest absolute Gasteiger partial charge is 0.266 e. The van der Waals surface area contributed by atoms with Crippen LogP contribution in [0.3, 0.4) is 0 Å². The summed E-state index contributed by atoms with van der Waals surface area (Å²) in [6, 6.07) is 9.75. The minimum atomic E-state index is -4.03. The summed E-state index contributed by atoms with van der Waals surface area (Å²) in [5.74, 6) is 0. The summed E-state index contributed by atoms with van der Waals surface area (Å²) in [4.78, 5) is 4.01. The Balaban J connectivity index is 1.94. The molecule has 0 aliphatic carbocycles. The number of halogens is 4. The van der Waals surface area contributed by atoms with Crippen molar-refractivity contribution in [2.24, 2.45) is 0 Å². The number of thiazole rings is 1. The second-order valence-corrected chi connectivity index (χ2v) is 8.96. The first-order valence-corrected chi connectivity index (χ1v) is 10.5. The van der Waals surface area contributed by atoms with E-state index < -0.39 is 10.0 Å². The molecular formula is C15H8Cl4N2O2S2. The van der Waals surface area contributed by atoms with Crippen LogP contribution in [0.25, 0.3) is 11.3 Å². The molecule has 0 atom stereocenters. The fourth-order valence-corrected chi connectivity index (χ4v) is 5.81. The van der Waals surface area contributed by atoms with E-state index in [0.29, 0.717) is 16.3 Å². The molecule has 2 aromatic carbocycles. The lowest BCUT2D eigenvalue weighted by molar-refractivity contribution is 0.601. The Morgan fingerprint density at radius 2 is 1.60 bits per heavy atom. The molecule has 1 aromatic heterocycles. The summed E-state index contributed by atoms with van der Waals surface area (Å²) >= 11 is 25.0. The molecule has 0 amide bonds. The molecule has 0 spiro atoms. The fraction of sp³-hybridized carbons (Fsp3) is 0. The second-order valence-electron chi connectivity index (χ2n) is 4.82. The van der Waals surface area contributed by atoms with Crippen molar-refractivity contribution in [1.29, 1.82) is 0 Å². The smallest absolute Gasteiger partial charge is 0.255 e. The Bertz CT molecular complexity index is 1030. The number of nitrogens with one attached hydrogen (secondary N) is 1. The van der Waals surface area contributed by atoms with Crippen LogP contribution in [-0.2, 0) is 10.0 Å². The van der Waals surface area contributed by atoms with E-state index in [-0.39, 0.29) is 25.1 Å². The van der Waals surface area contributed by atoms with Crippen molar-refractivity contribution in [3.05, 3.63) is 61.9 Å². The molecule has 0 radical (unpaired) electrons. The molecule has 130 valence electrons. The van der Waals surface area contributed by atoms with Crippen molar-refractivity contribution in [2.45, 2.75) is 4.90 Å². The van der Waals surface area contributed by atoms with Crippen molar-refractivity contribution in [3.8, 4) is 11.3 Å². The number of benzene rings is 2. The molecule has 0 bridgehead atoms. The zero-order valence-corrected chi connectivity index (χ0v) is 16.8. The van der Waals surface area contributed by atoms with Gasteiger partial charge in [-0.2, -0.15) is 0 Å². The van der Waals surface area contributed by atoms with Crippen LogP contribution in [0.5, 0.6) is 0 Å². The highest BCUT2D eigenvalue weighted by molar-refractivity contribution is 7.93. The van der Waals surface area contributed by atoms with Crippen molar-refractivity contribution in [3.63, 3.8) is 0 Å². The molecule has 0 saturated heterocycles. The zero-order valence-electron chi connectivity index (χ0n) is 12.1. The van der Waals surface area contributed by atoms with Crippen LogP contribution >= 0.6 is 57.7 Å². The van der Waals surface area contributed by atoms with E-state index in [1.54, 1.807) is 23.6 Å². The minimum absolute atomic E-state index is 0.0760. The first-order chi connectivity index (χ1) is 11.8. The SMILES string of the molecule is O=S(=O)(Nc1nc(-c2ccccc2Cl)cs1)c1c(Cl)cc(Cl)cc1Cl. The predicted octanol–water partition coefficient (Wildman–Crippen LogP) is 6.22. The third-order valence-corrected chi connectivity index (χ3v) is 6.80.